The van der Waals surface area contributed by atoms with Crippen LogP contribution >= 0.6 is 34.3 Å². The van der Waals surface area contributed by atoms with Crippen LogP contribution in [0.15, 0.2) is 42.5 Å². The van der Waals surface area contributed by atoms with E-state index >= 15 is 0 Å². The lowest BCUT2D eigenvalue weighted by Crippen LogP contribution is -2.13. The number of rotatable bonds is 4. The quantitative estimate of drug-likeness (QED) is 0.322. The minimum absolute atomic E-state index is 0.251. The Morgan fingerprint density at radius 3 is 2.45 bits per heavy atom. The largest absolute Gasteiger partial charge is 0.465 e. The van der Waals surface area contributed by atoms with Gasteiger partial charge in [-0.05, 0) is 37.6 Å². The molecular formula is C23H17ClFNO3S2. The highest BCUT2D eigenvalue weighted by molar-refractivity contribution is 7.22. The molecule has 0 radical (unpaired) electrons. The maximum Gasteiger partial charge on any atom is 0.341 e. The fourth-order valence-electron chi connectivity index (χ4n) is 3.34. The lowest BCUT2D eigenvalue weighted by atomic mass is 10.0. The van der Waals surface area contributed by atoms with E-state index in [1.807, 2.05) is 38.1 Å². The number of carbonyl (C=O) groups excluding carboxylic acids is 2. The number of hydrogen-bond acceptors (Lipinski definition) is 5. The summed E-state index contributed by atoms with van der Waals surface area (Å²) in [5.74, 6) is -1.41. The van der Waals surface area contributed by atoms with Gasteiger partial charge in [-0.15, -0.1) is 22.7 Å². The second-order valence-electron chi connectivity index (χ2n) is 6.93. The SMILES string of the molecule is COC(=O)c1c(NC(=O)c2sc3cc(F)ccc3c2Cl)sc(C)c1-c1ccc(C)cc1. The molecule has 2 heterocycles. The Hall–Kier alpha value is -2.74. The van der Waals surface area contributed by atoms with Crippen LogP contribution in [0.2, 0.25) is 5.02 Å². The maximum absolute atomic E-state index is 13.6. The van der Waals surface area contributed by atoms with Gasteiger partial charge in [-0.1, -0.05) is 41.4 Å². The van der Waals surface area contributed by atoms with Gasteiger partial charge >= 0.3 is 5.97 Å². The normalized spacial score (nSPS) is 11.0. The molecule has 0 atom stereocenters. The predicted molar refractivity (Wildman–Crippen MR) is 125 cm³/mol. The molecule has 0 aliphatic heterocycles. The molecule has 0 saturated carbocycles. The molecule has 1 amide bonds. The third-order valence-electron chi connectivity index (χ3n) is 4.84. The van der Waals surface area contributed by atoms with Crippen molar-refractivity contribution >= 4 is 61.2 Å². The van der Waals surface area contributed by atoms with Crippen molar-refractivity contribution in [2.75, 3.05) is 12.4 Å². The zero-order chi connectivity index (χ0) is 22.3. The van der Waals surface area contributed by atoms with E-state index < -0.39 is 17.7 Å². The number of benzene rings is 2. The molecule has 0 saturated heterocycles. The first kappa shape index (κ1) is 21.5. The standard InChI is InChI=1S/C23H17ClFNO3S2/c1-11-4-6-13(7-5-11)17-12(2)30-22(18(17)23(28)29-3)26-21(27)20-19(24)15-9-8-14(25)10-16(15)31-20/h4-10H,1-3H3,(H,26,27). The van der Waals surface area contributed by atoms with Crippen LogP contribution in [0.5, 0.6) is 0 Å². The summed E-state index contributed by atoms with van der Waals surface area (Å²) in [6.07, 6.45) is 0. The molecule has 4 aromatic rings. The molecule has 0 aliphatic rings. The van der Waals surface area contributed by atoms with Gasteiger partial charge in [0.1, 0.15) is 21.3 Å². The van der Waals surface area contributed by atoms with E-state index in [2.05, 4.69) is 5.32 Å². The molecule has 0 fully saturated rings. The van der Waals surface area contributed by atoms with Gasteiger partial charge in [0.2, 0.25) is 0 Å². The van der Waals surface area contributed by atoms with Gasteiger partial charge in [0.15, 0.2) is 0 Å². The second-order valence-corrected chi connectivity index (χ2v) is 9.59. The molecule has 1 N–H and O–H groups in total. The van der Waals surface area contributed by atoms with E-state index in [0.29, 0.717) is 20.7 Å². The van der Waals surface area contributed by atoms with Gasteiger partial charge in [0.05, 0.1) is 12.1 Å². The van der Waals surface area contributed by atoms with Gasteiger partial charge in [0.25, 0.3) is 5.91 Å². The number of nitrogens with one attached hydrogen (secondary N) is 1. The molecule has 4 nitrogen and oxygen atoms in total. The zero-order valence-electron chi connectivity index (χ0n) is 16.8. The van der Waals surface area contributed by atoms with Crippen LogP contribution < -0.4 is 5.32 Å². The first-order chi connectivity index (χ1) is 14.8. The first-order valence-corrected chi connectivity index (χ1v) is 11.3. The smallest absolute Gasteiger partial charge is 0.341 e. The Morgan fingerprint density at radius 1 is 1.06 bits per heavy atom. The average Bonchev–Trinajstić information content (AvgIpc) is 3.24. The van der Waals surface area contributed by atoms with Crippen LogP contribution in [0.3, 0.4) is 0 Å². The molecule has 158 valence electrons. The first-order valence-electron chi connectivity index (χ1n) is 9.27. The molecule has 0 spiro atoms. The van der Waals surface area contributed by atoms with E-state index in [1.165, 1.54) is 30.6 Å². The Balaban J connectivity index is 1.77. The topological polar surface area (TPSA) is 55.4 Å². The zero-order valence-corrected chi connectivity index (χ0v) is 19.2. The van der Waals surface area contributed by atoms with Crippen LogP contribution in [0.25, 0.3) is 21.2 Å². The predicted octanol–water partition coefficient (Wildman–Crippen LogP) is 7.08. The van der Waals surface area contributed by atoms with Crippen molar-refractivity contribution in [2.24, 2.45) is 0 Å². The highest BCUT2D eigenvalue weighted by atomic mass is 35.5. The number of thiophene rings is 2. The summed E-state index contributed by atoms with van der Waals surface area (Å²) in [5.41, 5.74) is 2.97. The second kappa shape index (κ2) is 8.42. The summed E-state index contributed by atoms with van der Waals surface area (Å²) < 4.78 is 19.1. The summed E-state index contributed by atoms with van der Waals surface area (Å²) in [4.78, 5) is 26.8. The molecule has 0 bridgehead atoms. The number of amides is 1. The van der Waals surface area contributed by atoms with Gasteiger partial charge in [-0.25, -0.2) is 9.18 Å². The Morgan fingerprint density at radius 2 is 1.77 bits per heavy atom. The number of aryl methyl sites for hydroxylation is 2. The van der Waals surface area contributed by atoms with Crippen LogP contribution in [-0.2, 0) is 4.74 Å². The number of methoxy groups -OCH3 is 1. The molecule has 2 aromatic carbocycles. The van der Waals surface area contributed by atoms with Crippen LogP contribution in [0.1, 0.15) is 30.5 Å². The summed E-state index contributed by atoms with van der Waals surface area (Å²) in [6, 6.07) is 12.0. The van der Waals surface area contributed by atoms with E-state index in [4.69, 9.17) is 16.3 Å². The van der Waals surface area contributed by atoms with E-state index in [-0.39, 0.29) is 9.90 Å². The third-order valence-corrected chi connectivity index (χ3v) is 7.52. The monoisotopic (exact) mass is 473 g/mol. The Labute approximate surface area is 191 Å². The number of fused-ring (bicyclic) bond motifs is 1. The van der Waals surface area contributed by atoms with Gasteiger partial charge < -0.3 is 10.1 Å². The van der Waals surface area contributed by atoms with Gasteiger partial charge in [-0.3, -0.25) is 4.79 Å². The number of anilines is 1. The molecule has 8 heteroatoms. The number of ether oxygens (including phenoxy) is 1. The summed E-state index contributed by atoms with van der Waals surface area (Å²) in [6.45, 7) is 3.87. The molecule has 4 rings (SSSR count). The van der Waals surface area contributed by atoms with E-state index in [1.54, 1.807) is 6.07 Å². The third kappa shape index (κ3) is 3.96. The molecular weight excluding hydrogens is 457 g/mol. The van der Waals surface area contributed by atoms with Crippen LogP contribution in [-0.4, -0.2) is 19.0 Å². The number of halogens is 2. The fourth-order valence-corrected chi connectivity index (χ4v) is 5.84. The van der Waals surface area contributed by atoms with Gasteiger partial charge in [0, 0.05) is 20.5 Å². The van der Waals surface area contributed by atoms with Crippen molar-refractivity contribution in [2.45, 2.75) is 13.8 Å². The van der Waals surface area contributed by atoms with E-state index in [9.17, 15) is 14.0 Å². The van der Waals surface area contributed by atoms with Crippen LogP contribution in [0, 0.1) is 19.7 Å². The Kier molecular flexibility index (Phi) is 5.83. The molecule has 0 aliphatic carbocycles. The summed E-state index contributed by atoms with van der Waals surface area (Å²) in [5, 5.41) is 4.05. The average molecular weight is 474 g/mol. The maximum atomic E-state index is 13.6. The van der Waals surface area contributed by atoms with Crippen molar-refractivity contribution in [3.05, 3.63) is 74.2 Å². The number of esters is 1. The minimum Gasteiger partial charge on any atom is -0.465 e. The van der Waals surface area contributed by atoms with Gasteiger partial charge in [-0.2, -0.15) is 0 Å². The summed E-state index contributed by atoms with van der Waals surface area (Å²) >= 11 is 8.78. The fraction of sp³-hybridized carbons (Fsp3) is 0.130. The molecule has 0 unspecified atom stereocenters. The highest BCUT2D eigenvalue weighted by Gasteiger charge is 2.26. The minimum atomic E-state index is -0.542. The van der Waals surface area contributed by atoms with Crippen molar-refractivity contribution in [3.8, 4) is 11.1 Å². The van der Waals surface area contributed by atoms with Crippen molar-refractivity contribution < 1.29 is 18.7 Å². The lowest BCUT2D eigenvalue weighted by molar-refractivity contribution is 0.0603. The van der Waals surface area contributed by atoms with E-state index in [0.717, 1.165) is 32.9 Å². The van der Waals surface area contributed by atoms with Crippen LogP contribution in [0.4, 0.5) is 9.39 Å². The summed E-state index contributed by atoms with van der Waals surface area (Å²) in [7, 11) is 1.30. The number of carbonyl (C=O) groups is 2. The molecule has 31 heavy (non-hydrogen) atoms. The lowest BCUT2D eigenvalue weighted by Gasteiger charge is -2.08. The molecule has 2 aromatic heterocycles. The Bertz CT molecular complexity index is 1330. The highest BCUT2D eigenvalue weighted by Crippen LogP contribution is 2.42. The number of hydrogen-bond donors (Lipinski definition) is 1. The van der Waals surface area contributed by atoms with Crippen molar-refractivity contribution in [1.29, 1.82) is 0 Å². The van der Waals surface area contributed by atoms with Crippen molar-refractivity contribution in [3.63, 3.8) is 0 Å². The van der Waals surface area contributed by atoms with Crippen molar-refractivity contribution in [1.82, 2.24) is 0 Å².